The molecule has 0 aliphatic carbocycles. The van der Waals surface area contributed by atoms with Crippen LogP contribution < -0.4 is 5.32 Å². The summed E-state index contributed by atoms with van der Waals surface area (Å²) in [6, 6.07) is -0.937. The second-order valence-electron chi connectivity index (χ2n) is 6.26. The van der Waals surface area contributed by atoms with Gasteiger partial charge in [-0.3, -0.25) is 14.3 Å². The van der Waals surface area contributed by atoms with Crippen LogP contribution in [0.15, 0.2) is 12.3 Å². The van der Waals surface area contributed by atoms with E-state index in [1.54, 1.807) is 6.20 Å². The molecule has 2 amide bonds. The first-order valence-corrected chi connectivity index (χ1v) is 7.79. The van der Waals surface area contributed by atoms with Crippen LogP contribution in [0.1, 0.15) is 50.1 Å². The third-order valence-electron chi connectivity index (χ3n) is 3.98. The Labute approximate surface area is 138 Å². The van der Waals surface area contributed by atoms with Gasteiger partial charge in [0.2, 0.25) is 5.91 Å². The van der Waals surface area contributed by atoms with Crippen LogP contribution in [0.25, 0.3) is 0 Å². The maximum Gasteiger partial charge on any atom is 0.408 e. The lowest BCUT2D eigenvalue weighted by Crippen LogP contribution is -2.58. The van der Waals surface area contributed by atoms with Crippen molar-refractivity contribution in [3.05, 3.63) is 18.0 Å². The Kier molecular flexibility index (Phi) is 5.19. The first-order chi connectivity index (χ1) is 11.1. The molecule has 2 unspecified atom stereocenters. The monoisotopic (exact) mass is 346 g/mol. The van der Waals surface area contributed by atoms with Crippen LogP contribution in [-0.4, -0.2) is 51.3 Å². The molecule has 2 rings (SSSR count). The Morgan fingerprint density at radius 3 is 2.50 bits per heavy atom. The molecule has 1 aromatic rings. The van der Waals surface area contributed by atoms with Gasteiger partial charge in [0.05, 0.1) is 0 Å². The van der Waals surface area contributed by atoms with Crippen LogP contribution in [0.2, 0.25) is 0 Å². The molecule has 1 saturated heterocycles. The average Bonchev–Trinajstić information content (AvgIpc) is 2.94. The van der Waals surface area contributed by atoms with Crippen molar-refractivity contribution < 1.29 is 22.8 Å². The number of alkyl halides is 3. The fraction of sp³-hybridized carbons (Fsp3) is 0.667. The van der Waals surface area contributed by atoms with Gasteiger partial charge in [0, 0.05) is 31.7 Å². The van der Waals surface area contributed by atoms with Gasteiger partial charge in [-0.25, -0.2) is 0 Å². The second kappa shape index (κ2) is 6.82. The zero-order valence-electron chi connectivity index (χ0n) is 13.8. The summed E-state index contributed by atoms with van der Waals surface area (Å²) in [5, 5.41) is 6.65. The summed E-state index contributed by atoms with van der Waals surface area (Å²) in [4.78, 5) is 24.5. The minimum absolute atomic E-state index is 0.00144. The topological polar surface area (TPSA) is 67.2 Å². The van der Waals surface area contributed by atoms with Crippen LogP contribution in [0.5, 0.6) is 0 Å². The number of hydrogen-bond acceptors (Lipinski definition) is 3. The van der Waals surface area contributed by atoms with Crippen LogP contribution in [0, 0.1) is 0 Å². The van der Waals surface area contributed by atoms with Gasteiger partial charge in [-0.05, 0) is 32.8 Å². The standard InChI is InChI=1S/C15H21F3N4O2/c1-9(2)22-7-6-12(20-22)14(24)21-8-11(19-10(3)23)4-5-13(21)15(16,17)18/h6-7,9,11,13H,4-5,8H2,1-3H3,(H,19,23). The van der Waals surface area contributed by atoms with Crippen LogP contribution in [0.3, 0.4) is 0 Å². The maximum atomic E-state index is 13.3. The summed E-state index contributed by atoms with van der Waals surface area (Å²) < 4.78 is 41.4. The molecule has 0 bridgehead atoms. The Balaban J connectivity index is 2.24. The molecule has 0 spiro atoms. The van der Waals surface area contributed by atoms with Gasteiger partial charge in [0.1, 0.15) is 11.7 Å². The second-order valence-corrected chi connectivity index (χ2v) is 6.26. The predicted octanol–water partition coefficient (Wildman–Crippen LogP) is 2.14. The molecular weight excluding hydrogens is 325 g/mol. The maximum absolute atomic E-state index is 13.3. The van der Waals surface area contributed by atoms with Crippen molar-refractivity contribution in [2.75, 3.05) is 6.54 Å². The van der Waals surface area contributed by atoms with Crippen molar-refractivity contribution in [1.29, 1.82) is 0 Å². The van der Waals surface area contributed by atoms with Gasteiger partial charge in [-0.2, -0.15) is 18.3 Å². The highest BCUT2D eigenvalue weighted by Gasteiger charge is 2.48. The van der Waals surface area contributed by atoms with Crippen molar-refractivity contribution >= 4 is 11.8 Å². The molecule has 1 aliphatic rings. The number of halogens is 3. The number of nitrogens with zero attached hydrogens (tertiary/aromatic N) is 3. The van der Waals surface area contributed by atoms with E-state index in [0.29, 0.717) is 0 Å². The number of amides is 2. The fourth-order valence-electron chi connectivity index (χ4n) is 2.83. The van der Waals surface area contributed by atoms with E-state index in [4.69, 9.17) is 0 Å². The molecule has 0 saturated carbocycles. The molecule has 0 aromatic carbocycles. The fourth-order valence-corrected chi connectivity index (χ4v) is 2.83. The Bertz CT molecular complexity index is 612. The average molecular weight is 346 g/mol. The van der Waals surface area contributed by atoms with Crippen molar-refractivity contribution in [3.63, 3.8) is 0 Å². The number of piperidine rings is 1. The van der Waals surface area contributed by atoms with Crippen LogP contribution in [-0.2, 0) is 4.79 Å². The quantitative estimate of drug-likeness (QED) is 0.912. The zero-order chi connectivity index (χ0) is 18.1. The van der Waals surface area contributed by atoms with E-state index in [2.05, 4.69) is 10.4 Å². The summed E-state index contributed by atoms with van der Waals surface area (Å²) in [6.07, 6.45) is -3.02. The van der Waals surface area contributed by atoms with Gasteiger partial charge < -0.3 is 10.2 Å². The van der Waals surface area contributed by atoms with Gasteiger partial charge in [0.15, 0.2) is 0 Å². The van der Waals surface area contributed by atoms with Crippen molar-refractivity contribution in [2.45, 2.75) is 57.9 Å². The predicted molar refractivity (Wildman–Crippen MR) is 80.3 cm³/mol. The normalized spacial score (nSPS) is 21.9. The molecule has 0 radical (unpaired) electrons. The number of hydrogen-bond donors (Lipinski definition) is 1. The Morgan fingerprint density at radius 1 is 1.33 bits per heavy atom. The van der Waals surface area contributed by atoms with E-state index in [0.717, 1.165) is 4.90 Å². The third-order valence-corrected chi connectivity index (χ3v) is 3.98. The lowest BCUT2D eigenvalue weighted by atomic mass is 9.97. The number of carbonyl (C=O) groups is 2. The van der Waals surface area contributed by atoms with Gasteiger partial charge in [-0.1, -0.05) is 0 Å². The van der Waals surface area contributed by atoms with Gasteiger partial charge >= 0.3 is 6.18 Å². The number of rotatable bonds is 3. The highest BCUT2D eigenvalue weighted by atomic mass is 19.4. The van der Waals surface area contributed by atoms with E-state index >= 15 is 0 Å². The highest BCUT2D eigenvalue weighted by molar-refractivity contribution is 5.92. The SMILES string of the molecule is CC(=O)NC1CCC(C(F)(F)F)N(C(=O)c2ccn(C(C)C)n2)C1. The number of aromatic nitrogens is 2. The molecular formula is C15H21F3N4O2. The Hall–Kier alpha value is -2.06. The molecule has 2 heterocycles. The molecule has 1 aliphatic heterocycles. The van der Waals surface area contributed by atoms with Crippen molar-refractivity contribution in [3.8, 4) is 0 Å². The number of carbonyl (C=O) groups excluding carboxylic acids is 2. The molecule has 134 valence electrons. The van der Waals surface area contributed by atoms with E-state index in [9.17, 15) is 22.8 Å². The summed E-state index contributed by atoms with van der Waals surface area (Å²) in [7, 11) is 0. The lowest BCUT2D eigenvalue weighted by Gasteiger charge is -2.40. The van der Waals surface area contributed by atoms with Crippen LogP contribution >= 0.6 is 0 Å². The minimum atomic E-state index is -4.52. The molecule has 2 atom stereocenters. The van der Waals surface area contributed by atoms with E-state index < -0.39 is 24.2 Å². The smallest absolute Gasteiger partial charge is 0.352 e. The lowest BCUT2D eigenvalue weighted by molar-refractivity contribution is -0.184. The van der Waals surface area contributed by atoms with E-state index in [1.807, 2.05) is 13.8 Å². The summed E-state index contributed by atoms with van der Waals surface area (Å²) >= 11 is 0. The molecule has 6 nitrogen and oxygen atoms in total. The summed E-state index contributed by atoms with van der Waals surface area (Å²) in [5.74, 6) is -1.10. The van der Waals surface area contributed by atoms with E-state index in [-0.39, 0.29) is 37.0 Å². The summed E-state index contributed by atoms with van der Waals surface area (Å²) in [6.45, 7) is 4.82. The summed E-state index contributed by atoms with van der Waals surface area (Å²) in [5.41, 5.74) is -0.0265. The van der Waals surface area contributed by atoms with Crippen molar-refractivity contribution in [2.24, 2.45) is 0 Å². The third kappa shape index (κ3) is 4.07. The largest absolute Gasteiger partial charge is 0.408 e. The number of likely N-dealkylation sites (tertiary alicyclic amines) is 1. The van der Waals surface area contributed by atoms with Crippen LogP contribution in [0.4, 0.5) is 13.2 Å². The van der Waals surface area contributed by atoms with Gasteiger partial charge in [-0.15, -0.1) is 0 Å². The zero-order valence-corrected chi connectivity index (χ0v) is 13.8. The molecule has 1 aromatic heterocycles. The first-order valence-electron chi connectivity index (χ1n) is 7.79. The number of nitrogens with one attached hydrogen (secondary N) is 1. The van der Waals surface area contributed by atoms with Gasteiger partial charge in [0.25, 0.3) is 5.91 Å². The Morgan fingerprint density at radius 2 is 2.00 bits per heavy atom. The first kappa shape index (κ1) is 18.3. The molecule has 9 heteroatoms. The van der Waals surface area contributed by atoms with Crippen molar-refractivity contribution in [1.82, 2.24) is 20.0 Å². The minimum Gasteiger partial charge on any atom is -0.352 e. The highest BCUT2D eigenvalue weighted by Crippen LogP contribution is 2.32. The molecule has 24 heavy (non-hydrogen) atoms. The molecule has 1 N–H and O–H groups in total. The molecule has 1 fully saturated rings. The van der Waals surface area contributed by atoms with E-state index in [1.165, 1.54) is 17.7 Å².